The van der Waals surface area contributed by atoms with E-state index in [1.54, 1.807) is 7.11 Å². The van der Waals surface area contributed by atoms with Crippen LogP contribution in [0.1, 0.15) is 25.0 Å². The number of methoxy groups -OCH3 is 1. The summed E-state index contributed by atoms with van der Waals surface area (Å²) in [6.07, 6.45) is 0. The van der Waals surface area contributed by atoms with Crippen LogP contribution < -0.4 is 15.8 Å². The van der Waals surface area contributed by atoms with E-state index in [2.05, 4.69) is 24.4 Å². The van der Waals surface area contributed by atoms with E-state index in [9.17, 15) is 0 Å². The third-order valence-corrected chi connectivity index (χ3v) is 2.33. The van der Waals surface area contributed by atoms with Crippen LogP contribution >= 0.6 is 0 Å². The minimum Gasteiger partial charge on any atom is -0.496 e. The fourth-order valence-electron chi connectivity index (χ4n) is 1.56. The van der Waals surface area contributed by atoms with Gasteiger partial charge in [-0.3, -0.25) is 0 Å². The lowest BCUT2D eigenvalue weighted by molar-refractivity contribution is 0.404. The van der Waals surface area contributed by atoms with E-state index in [-0.39, 0.29) is 5.54 Å². The van der Waals surface area contributed by atoms with Crippen LogP contribution in [0.25, 0.3) is 0 Å². The molecule has 1 aromatic rings. The largest absolute Gasteiger partial charge is 0.496 e. The zero-order valence-electron chi connectivity index (χ0n) is 10.6. The van der Waals surface area contributed by atoms with E-state index < -0.39 is 0 Å². The van der Waals surface area contributed by atoms with Crippen molar-refractivity contribution in [3.8, 4) is 5.75 Å². The molecule has 3 nitrogen and oxygen atoms in total. The Labute approximate surface area is 98.0 Å². The quantitative estimate of drug-likeness (QED) is 0.799. The van der Waals surface area contributed by atoms with Gasteiger partial charge >= 0.3 is 0 Å². The van der Waals surface area contributed by atoms with Gasteiger partial charge in [-0.1, -0.05) is 17.7 Å². The Morgan fingerprint density at radius 3 is 2.62 bits per heavy atom. The van der Waals surface area contributed by atoms with Gasteiger partial charge < -0.3 is 15.8 Å². The number of nitrogens with one attached hydrogen (secondary N) is 1. The van der Waals surface area contributed by atoms with Crippen LogP contribution in [0.2, 0.25) is 0 Å². The average molecular weight is 222 g/mol. The summed E-state index contributed by atoms with van der Waals surface area (Å²) in [5.74, 6) is 0.924. The Hall–Kier alpha value is -1.06. The second-order valence-corrected chi connectivity index (χ2v) is 4.91. The molecular formula is C13H22N2O. The van der Waals surface area contributed by atoms with Gasteiger partial charge in [-0.05, 0) is 26.8 Å². The summed E-state index contributed by atoms with van der Waals surface area (Å²) in [7, 11) is 1.70. The maximum atomic E-state index is 5.91. The molecule has 1 aromatic carbocycles. The van der Waals surface area contributed by atoms with Crippen LogP contribution in [0.4, 0.5) is 0 Å². The van der Waals surface area contributed by atoms with E-state index in [1.807, 2.05) is 19.9 Å². The fourth-order valence-corrected chi connectivity index (χ4v) is 1.56. The summed E-state index contributed by atoms with van der Waals surface area (Å²) in [6, 6.07) is 6.19. The highest BCUT2D eigenvalue weighted by Gasteiger charge is 2.10. The minimum absolute atomic E-state index is 0.183. The van der Waals surface area contributed by atoms with E-state index in [0.717, 1.165) is 18.8 Å². The molecule has 0 atom stereocenters. The summed E-state index contributed by atoms with van der Waals surface area (Å²) in [5.41, 5.74) is 8.14. The molecule has 0 aliphatic rings. The van der Waals surface area contributed by atoms with Gasteiger partial charge in [0.05, 0.1) is 7.11 Å². The topological polar surface area (TPSA) is 47.3 Å². The lowest BCUT2D eigenvalue weighted by Crippen LogP contribution is -2.42. The maximum absolute atomic E-state index is 5.91. The van der Waals surface area contributed by atoms with Crippen molar-refractivity contribution in [2.45, 2.75) is 32.9 Å². The zero-order valence-corrected chi connectivity index (χ0v) is 10.6. The zero-order chi connectivity index (χ0) is 12.2. The first-order valence-corrected chi connectivity index (χ1v) is 5.55. The van der Waals surface area contributed by atoms with E-state index in [0.29, 0.717) is 0 Å². The second kappa shape index (κ2) is 5.32. The van der Waals surface area contributed by atoms with Crippen LogP contribution in [0.5, 0.6) is 5.75 Å². The maximum Gasteiger partial charge on any atom is 0.123 e. The SMILES string of the molecule is COc1ccc(C)cc1CNCC(C)(C)N. The predicted molar refractivity (Wildman–Crippen MR) is 67.7 cm³/mol. The highest BCUT2D eigenvalue weighted by atomic mass is 16.5. The number of aryl methyl sites for hydroxylation is 1. The van der Waals surface area contributed by atoms with Crippen LogP contribution in [0.3, 0.4) is 0 Å². The van der Waals surface area contributed by atoms with Crippen molar-refractivity contribution < 1.29 is 4.74 Å². The first-order valence-electron chi connectivity index (χ1n) is 5.55. The number of ether oxygens (including phenoxy) is 1. The average Bonchev–Trinajstić information content (AvgIpc) is 2.16. The van der Waals surface area contributed by atoms with Crippen molar-refractivity contribution in [1.82, 2.24) is 5.32 Å². The Kier molecular flexibility index (Phi) is 4.33. The van der Waals surface area contributed by atoms with Gasteiger partial charge in [-0.2, -0.15) is 0 Å². The van der Waals surface area contributed by atoms with Crippen molar-refractivity contribution >= 4 is 0 Å². The summed E-state index contributed by atoms with van der Waals surface area (Å²) < 4.78 is 5.31. The molecule has 0 saturated carbocycles. The third-order valence-electron chi connectivity index (χ3n) is 2.33. The van der Waals surface area contributed by atoms with Crippen molar-refractivity contribution in [2.24, 2.45) is 5.73 Å². The second-order valence-electron chi connectivity index (χ2n) is 4.91. The summed E-state index contributed by atoms with van der Waals surface area (Å²) in [4.78, 5) is 0. The van der Waals surface area contributed by atoms with Crippen LogP contribution in [0, 0.1) is 6.92 Å². The number of hydrogen-bond donors (Lipinski definition) is 2. The minimum atomic E-state index is -0.183. The first-order chi connectivity index (χ1) is 7.42. The van der Waals surface area contributed by atoms with Crippen LogP contribution in [0.15, 0.2) is 18.2 Å². The Bertz CT molecular complexity index is 342. The molecule has 0 spiro atoms. The molecule has 0 unspecified atom stereocenters. The summed E-state index contributed by atoms with van der Waals surface area (Å²) in [5, 5.41) is 3.34. The first kappa shape index (κ1) is 13.0. The fraction of sp³-hybridized carbons (Fsp3) is 0.538. The summed E-state index contributed by atoms with van der Waals surface area (Å²) >= 11 is 0. The number of benzene rings is 1. The van der Waals surface area contributed by atoms with E-state index >= 15 is 0 Å². The predicted octanol–water partition coefficient (Wildman–Crippen LogP) is 1.83. The number of hydrogen-bond acceptors (Lipinski definition) is 3. The van der Waals surface area contributed by atoms with E-state index in [4.69, 9.17) is 10.5 Å². The van der Waals surface area contributed by atoms with Gasteiger partial charge in [0.1, 0.15) is 5.75 Å². The molecule has 0 fully saturated rings. The molecule has 90 valence electrons. The molecule has 0 amide bonds. The molecule has 0 heterocycles. The molecule has 16 heavy (non-hydrogen) atoms. The van der Waals surface area contributed by atoms with Gasteiger partial charge in [-0.15, -0.1) is 0 Å². The van der Waals surface area contributed by atoms with Gasteiger partial charge in [-0.25, -0.2) is 0 Å². The molecule has 0 aliphatic heterocycles. The molecule has 0 bridgehead atoms. The van der Waals surface area contributed by atoms with Crippen molar-refractivity contribution in [2.75, 3.05) is 13.7 Å². The lowest BCUT2D eigenvalue weighted by atomic mass is 10.1. The molecule has 0 aliphatic carbocycles. The van der Waals surface area contributed by atoms with Gasteiger partial charge in [0, 0.05) is 24.2 Å². The molecule has 0 saturated heterocycles. The monoisotopic (exact) mass is 222 g/mol. The van der Waals surface area contributed by atoms with Gasteiger partial charge in [0.25, 0.3) is 0 Å². The lowest BCUT2D eigenvalue weighted by Gasteiger charge is -2.19. The highest BCUT2D eigenvalue weighted by Crippen LogP contribution is 2.19. The Balaban J connectivity index is 2.62. The molecule has 3 heteroatoms. The Morgan fingerprint density at radius 2 is 2.06 bits per heavy atom. The normalized spacial score (nSPS) is 11.6. The summed E-state index contributed by atoms with van der Waals surface area (Å²) in [6.45, 7) is 7.66. The van der Waals surface area contributed by atoms with E-state index in [1.165, 1.54) is 11.1 Å². The standard InChI is InChI=1S/C13H22N2O/c1-10-5-6-12(16-4)11(7-10)8-15-9-13(2,3)14/h5-7,15H,8-9,14H2,1-4H3. The van der Waals surface area contributed by atoms with Crippen molar-refractivity contribution in [3.05, 3.63) is 29.3 Å². The molecular weight excluding hydrogens is 200 g/mol. The van der Waals surface area contributed by atoms with Gasteiger partial charge in [0.2, 0.25) is 0 Å². The molecule has 0 aromatic heterocycles. The smallest absolute Gasteiger partial charge is 0.123 e. The third kappa shape index (κ3) is 4.21. The molecule has 3 N–H and O–H groups in total. The molecule has 1 rings (SSSR count). The van der Waals surface area contributed by atoms with Crippen molar-refractivity contribution in [1.29, 1.82) is 0 Å². The van der Waals surface area contributed by atoms with Gasteiger partial charge in [0.15, 0.2) is 0 Å². The van der Waals surface area contributed by atoms with Crippen LogP contribution in [-0.2, 0) is 6.54 Å². The van der Waals surface area contributed by atoms with Crippen LogP contribution in [-0.4, -0.2) is 19.2 Å². The molecule has 0 radical (unpaired) electrons. The highest BCUT2D eigenvalue weighted by molar-refractivity contribution is 5.36. The number of nitrogens with two attached hydrogens (primary N) is 1. The number of rotatable bonds is 5. The van der Waals surface area contributed by atoms with Crippen molar-refractivity contribution in [3.63, 3.8) is 0 Å². The Morgan fingerprint density at radius 1 is 1.38 bits per heavy atom.